The predicted octanol–water partition coefficient (Wildman–Crippen LogP) is 4.27. The smallest absolute Gasteiger partial charge is 0.101 e. The van der Waals surface area contributed by atoms with Gasteiger partial charge in [-0.3, -0.25) is 0 Å². The molecular weight excluding hydrogens is 282 g/mol. The Bertz CT molecular complexity index is 527. The fourth-order valence-corrected chi connectivity index (χ4v) is 3.30. The largest absolute Gasteiger partial charge is 0.192 e. The van der Waals surface area contributed by atoms with Gasteiger partial charge in [-0.05, 0) is 28.5 Å². The number of halogens is 2. The van der Waals surface area contributed by atoms with Crippen LogP contribution in [0.25, 0.3) is 10.1 Å². The first-order chi connectivity index (χ1) is 6.77. The molecule has 0 fully saturated rings. The van der Waals surface area contributed by atoms with Crippen molar-refractivity contribution in [3.8, 4) is 6.07 Å². The maximum absolute atomic E-state index is 8.94. The van der Waals surface area contributed by atoms with E-state index in [9.17, 15) is 0 Å². The van der Waals surface area contributed by atoms with Crippen molar-refractivity contribution in [2.24, 2.45) is 0 Å². The second-order valence-electron chi connectivity index (χ2n) is 2.79. The van der Waals surface area contributed by atoms with E-state index in [0.29, 0.717) is 11.4 Å². The number of hydrogen-bond donors (Lipinski definition) is 0. The summed E-state index contributed by atoms with van der Waals surface area (Å²) in [5.41, 5.74) is 1.76. The Kier molecular flexibility index (Phi) is 2.78. The second kappa shape index (κ2) is 3.90. The molecule has 2 aromatic rings. The van der Waals surface area contributed by atoms with Crippen molar-refractivity contribution in [1.82, 2.24) is 0 Å². The Hall–Kier alpha value is -0.560. The molecule has 0 atom stereocenters. The van der Waals surface area contributed by atoms with Crippen LogP contribution in [0.5, 0.6) is 0 Å². The highest BCUT2D eigenvalue weighted by atomic mass is 79.9. The molecule has 4 heteroatoms. The average Bonchev–Trinajstić information content (AvgIpc) is 2.65. The molecule has 0 saturated heterocycles. The van der Waals surface area contributed by atoms with Crippen LogP contribution in [-0.4, -0.2) is 0 Å². The van der Waals surface area contributed by atoms with Gasteiger partial charge >= 0.3 is 0 Å². The van der Waals surface area contributed by atoms with Gasteiger partial charge in [0.05, 0.1) is 10.3 Å². The molecule has 0 spiro atoms. The van der Waals surface area contributed by atoms with Gasteiger partial charge in [-0.25, -0.2) is 0 Å². The lowest BCUT2D eigenvalue weighted by atomic mass is 10.1. The lowest BCUT2D eigenvalue weighted by molar-refractivity contribution is 1.41. The first-order valence-electron chi connectivity index (χ1n) is 3.92. The number of hydrogen-bond acceptors (Lipinski definition) is 2. The minimum absolute atomic E-state index is 0.458. The molecule has 0 radical (unpaired) electrons. The quantitative estimate of drug-likeness (QED) is 0.718. The molecule has 14 heavy (non-hydrogen) atoms. The molecule has 1 aromatic carbocycles. The molecule has 0 bridgehead atoms. The molecule has 0 unspecified atom stereocenters. The molecule has 0 aliphatic carbocycles. The van der Waals surface area contributed by atoms with E-state index in [1.54, 1.807) is 11.3 Å². The monoisotopic (exact) mass is 285 g/mol. The summed E-state index contributed by atoms with van der Waals surface area (Å²) < 4.78 is 1.93. The van der Waals surface area contributed by atoms with E-state index in [4.69, 9.17) is 16.9 Å². The third-order valence-electron chi connectivity index (χ3n) is 2.05. The highest BCUT2D eigenvalue weighted by molar-refractivity contribution is 9.10. The Morgan fingerprint density at radius 1 is 1.57 bits per heavy atom. The Balaban J connectivity index is 2.90. The molecule has 0 aliphatic rings. The normalized spacial score (nSPS) is 10.4. The zero-order valence-corrected chi connectivity index (χ0v) is 10.2. The average molecular weight is 287 g/mol. The van der Waals surface area contributed by atoms with Crippen LogP contribution < -0.4 is 0 Å². The third-order valence-corrected chi connectivity index (χ3v) is 3.97. The van der Waals surface area contributed by atoms with Gasteiger partial charge in [0.2, 0.25) is 0 Å². The van der Waals surface area contributed by atoms with E-state index in [0.717, 1.165) is 20.1 Å². The fraction of sp³-hybridized carbons (Fsp3) is 0.100. The molecule has 1 aromatic heterocycles. The molecule has 0 aliphatic heterocycles. The molecule has 0 saturated carbocycles. The Morgan fingerprint density at radius 3 is 3.00 bits per heavy atom. The summed E-state index contributed by atoms with van der Waals surface area (Å²) in [6.07, 6.45) is 0. The molecular formula is C10H5BrClNS. The van der Waals surface area contributed by atoms with Gasteiger partial charge in [-0.1, -0.05) is 15.9 Å². The zero-order chi connectivity index (χ0) is 10.1. The van der Waals surface area contributed by atoms with Gasteiger partial charge in [0.15, 0.2) is 0 Å². The summed E-state index contributed by atoms with van der Waals surface area (Å²) in [6.45, 7) is 0. The summed E-state index contributed by atoms with van der Waals surface area (Å²) in [5.74, 6) is 0.458. The van der Waals surface area contributed by atoms with Gasteiger partial charge < -0.3 is 0 Å². The summed E-state index contributed by atoms with van der Waals surface area (Å²) in [4.78, 5) is 0. The number of nitriles is 1. The number of nitrogens with zero attached hydrogens (tertiary/aromatic N) is 1. The minimum Gasteiger partial charge on any atom is -0.192 e. The lowest BCUT2D eigenvalue weighted by Gasteiger charge is -2.03. The SMILES string of the molecule is N#Cc1cc(Br)c(CCl)c2ccsc12. The van der Waals surface area contributed by atoms with Crippen LogP contribution in [0.3, 0.4) is 0 Å². The van der Waals surface area contributed by atoms with Gasteiger partial charge in [-0.15, -0.1) is 22.9 Å². The molecule has 1 heterocycles. The molecule has 0 amide bonds. The van der Waals surface area contributed by atoms with Crippen LogP contribution in [0.1, 0.15) is 11.1 Å². The Morgan fingerprint density at radius 2 is 2.36 bits per heavy atom. The van der Waals surface area contributed by atoms with Crippen LogP contribution >= 0.6 is 38.9 Å². The van der Waals surface area contributed by atoms with E-state index >= 15 is 0 Å². The summed E-state index contributed by atoms with van der Waals surface area (Å²) in [5, 5.41) is 12.0. The maximum Gasteiger partial charge on any atom is 0.101 e. The first-order valence-corrected chi connectivity index (χ1v) is 6.13. The number of fused-ring (bicyclic) bond motifs is 1. The van der Waals surface area contributed by atoms with Crippen molar-refractivity contribution < 1.29 is 0 Å². The van der Waals surface area contributed by atoms with Crippen molar-refractivity contribution in [3.05, 3.63) is 33.1 Å². The highest BCUT2D eigenvalue weighted by Crippen LogP contribution is 2.33. The topological polar surface area (TPSA) is 23.8 Å². The van der Waals surface area contributed by atoms with E-state index in [1.165, 1.54) is 0 Å². The van der Waals surface area contributed by atoms with Gasteiger partial charge in [-0.2, -0.15) is 5.26 Å². The van der Waals surface area contributed by atoms with Crippen LogP contribution in [0, 0.1) is 11.3 Å². The molecule has 70 valence electrons. The van der Waals surface area contributed by atoms with E-state index in [2.05, 4.69) is 22.0 Å². The van der Waals surface area contributed by atoms with Crippen LogP contribution in [-0.2, 0) is 5.88 Å². The lowest BCUT2D eigenvalue weighted by Crippen LogP contribution is -1.85. The maximum atomic E-state index is 8.94. The zero-order valence-electron chi connectivity index (χ0n) is 7.05. The van der Waals surface area contributed by atoms with E-state index in [-0.39, 0.29) is 0 Å². The summed E-state index contributed by atoms with van der Waals surface area (Å²) >= 11 is 10.9. The van der Waals surface area contributed by atoms with Gasteiger partial charge in [0.1, 0.15) is 6.07 Å². The standard InChI is InChI=1S/C10H5BrClNS/c11-9-3-6(5-13)10-7(1-2-14-10)8(9)4-12/h1-3H,4H2. The second-order valence-corrected chi connectivity index (χ2v) is 4.83. The van der Waals surface area contributed by atoms with Crippen LogP contribution in [0.2, 0.25) is 0 Å². The van der Waals surface area contributed by atoms with Gasteiger partial charge in [0, 0.05) is 10.4 Å². The van der Waals surface area contributed by atoms with E-state index < -0.39 is 0 Å². The van der Waals surface area contributed by atoms with Gasteiger partial charge in [0.25, 0.3) is 0 Å². The van der Waals surface area contributed by atoms with Crippen molar-refractivity contribution in [2.75, 3.05) is 0 Å². The van der Waals surface area contributed by atoms with E-state index in [1.807, 2.05) is 17.5 Å². The fourth-order valence-electron chi connectivity index (χ4n) is 1.38. The molecule has 1 nitrogen and oxygen atoms in total. The third kappa shape index (κ3) is 1.44. The predicted molar refractivity (Wildman–Crippen MR) is 63.8 cm³/mol. The Labute approximate surface area is 99.0 Å². The summed E-state index contributed by atoms with van der Waals surface area (Å²) in [6, 6.07) is 6.02. The van der Waals surface area contributed by atoms with Crippen molar-refractivity contribution in [1.29, 1.82) is 5.26 Å². The number of benzene rings is 1. The summed E-state index contributed by atoms with van der Waals surface area (Å²) in [7, 11) is 0. The highest BCUT2D eigenvalue weighted by Gasteiger charge is 2.10. The number of rotatable bonds is 1. The number of thiophene rings is 1. The van der Waals surface area contributed by atoms with Crippen molar-refractivity contribution in [2.45, 2.75) is 5.88 Å². The minimum atomic E-state index is 0.458. The van der Waals surface area contributed by atoms with Crippen molar-refractivity contribution >= 4 is 49.0 Å². The van der Waals surface area contributed by atoms with Crippen molar-refractivity contribution in [3.63, 3.8) is 0 Å². The molecule has 0 N–H and O–H groups in total. The molecule has 2 rings (SSSR count). The van der Waals surface area contributed by atoms with Crippen LogP contribution in [0.15, 0.2) is 22.0 Å². The first kappa shape index (κ1) is 9.97. The number of alkyl halides is 1. The van der Waals surface area contributed by atoms with Crippen LogP contribution in [0.4, 0.5) is 0 Å².